The van der Waals surface area contributed by atoms with Crippen molar-refractivity contribution in [3.8, 4) is 16.9 Å². The Balaban J connectivity index is 1.31. The standard InChI is InChI=1S/C26H22ClN3O2/c27-25-15-12-20(16-28-25)17-29-26(31)30-22-13-10-19(11-14-22)18-32-24-9-5-4-8-23(24)21-6-2-1-3-7-21/h1-16H,17-18H2,(H2,29,30,31). The zero-order valence-electron chi connectivity index (χ0n) is 17.3. The number of nitrogens with one attached hydrogen (secondary N) is 2. The van der Waals surface area contributed by atoms with E-state index in [4.69, 9.17) is 16.3 Å². The van der Waals surface area contributed by atoms with Crippen LogP contribution < -0.4 is 15.4 Å². The molecule has 6 heteroatoms. The van der Waals surface area contributed by atoms with Crippen LogP contribution in [0.5, 0.6) is 5.75 Å². The lowest BCUT2D eigenvalue weighted by Gasteiger charge is -2.12. The minimum absolute atomic E-state index is 0.291. The molecule has 0 unspecified atom stereocenters. The van der Waals surface area contributed by atoms with Crippen LogP contribution in [0.25, 0.3) is 11.1 Å². The maximum absolute atomic E-state index is 12.1. The van der Waals surface area contributed by atoms with Gasteiger partial charge < -0.3 is 15.4 Å². The third kappa shape index (κ3) is 5.86. The van der Waals surface area contributed by atoms with Crippen molar-refractivity contribution in [3.63, 3.8) is 0 Å². The molecule has 1 heterocycles. The molecule has 3 aromatic carbocycles. The molecule has 4 aromatic rings. The summed E-state index contributed by atoms with van der Waals surface area (Å²) in [6, 6.07) is 28.9. The van der Waals surface area contributed by atoms with Gasteiger partial charge in [-0.25, -0.2) is 9.78 Å². The highest BCUT2D eigenvalue weighted by molar-refractivity contribution is 6.29. The number of nitrogens with zero attached hydrogens (tertiary/aromatic N) is 1. The van der Waals surface area contributed by atoms with E-state index < -0.39 is 0 Å². The van der Waals surface area contributed by atoms with Gasteiger partial charge in [-0.2, -0.15) is 0 Å². The number of aromatic nitrogens is 1. The molecule has 0 spiro atoms. The number of hydrogen-bond acceptors (Lipinski definition) is 3. The Morgan fingerprint density at radius 1 is 0.844 bits per heavy atom. The number of rotatable bonds is 7. The average molecular weight is 444 g/mol. The van der Waals surface area contributed by atoms with Crippen LogP contribution in [-0.4, -0.2) is 11.0 Å². The summed E-state index contributed by atoms with van der Waals surface area (Å²) in [4.78, 5) is 16.1. The largest absolute Gasteiger partial charge is 0.488 e. The molecular weight excluding hydrogens is 422 g/mol. The molecule has 5 nitrogen and oxygen atoms in total. The van der Waals surface area contributed by atoms with Gasteiger partial charge in [-0.15, -0.1) is 0 Å². The second kappa shape index (κ2) is 10.5. The fraction of sp³-hybridized carbons (Fsp3) is 0.0769. The molecule has 32 heavy (non-hydrogen) atoms. The molecule has 2 N–H and O–H groups in total. The fourth-order valence-electron chi connectivity index (χ4n) is 3.16. The first-order chi connectivity index (χ1) is 15.7. The van der Waals surface area contributed by atoms with Crippen LogP contribution in [0.2, 0.25) is 5.15 Å². The number of anilines is 1. The Morgan fingerprint density at radius 3 is 2.31 bits per heavy atom. The summed E-state index contributed by atoms with van der Waals surface area (Å²) in [5.41, 5.74) is 4.74. The summed E-state index contributed by atoms with van der Waals surface area (Å²) < 4.78 is 6.08. The van der Waals surface area contributed by atoms with Crippen molar-refractivity contribution < 1.29 is 9.53 Å². The van der Waals surface area contributed by atoms with Crippen molar-refractivity contribution in [2.45, 2.75) is 13.2 Å². The minimum atomic E-state index is -0.291. The van der Waals surface area contributed by atoms with Crippen LogP contribution in [0.1, 0.15) is 11.1 Å². The molecule has 0 aliphatic rings. The van der Waals surface area contributed by atoms with Gasteiger partial charge in [0.25, 0.3) is 0 Å². The molecule has 0 aliphatic carbocycles. The van der Waals surface area contributed by atoms with Crippen molar-refractivity contribution in [3.05, 3.63) is 113 Å². The van der Waals surface area contributed by atoms with Crippen molar-refractivity contribution in [2.75, 3.05) is 5.32 Å². The molecule has 0 fully saturated rings. The number of benzene rings is 3. The Bertz CT molecular complexity index is 1160. The first-order valence-electron chi connectivity index (χ1n) is 10.2. The van der Waals surface area contributed by atoms with Crippen LogP contribution in [-0.2, 0) is 13.2 Å². The van der Waals surface area contributed by atoms with Gasteiger partial charge in [-0.3, -0.25) is 0 Å². The molecule has 0 bridgehead atoms. The van der Waals surface area contributed by atoms with E-state index in [0.717, 1.165) is 28.0 Å². The number of amides is 2. The molecule has 2 amide bonds. The highest BCUT2D eigenvalue weighted by Crippen LogP contribution is 2.30. The number of carbonyl (C=O) groups is 1. The van der Waals surface area contributed by atoms with Gasteiger partial charge in [0.05, 0.1) is 0 Å². The zero-order valence-corrected chi connectivity index (χ0v) is 18.0. The number of carbonyl (C=O) groups excluding carboxylic acids is 1. The monoisotopic (exact) mass is 443 g/mol. The normalized spacial score (nSPS) is 10.4. The Labute approximate surface area is 192 Å². The summed E-state index contributed by atoms with van der Waals surface area (Å²) in [7, 11) is 0. The maximum Gasteiger partial charge on any atom is 0.319 e. The first-order valence-corrected chi connectivity index (χ1v) is 10.6. The number of hydrogen-bond donors (Lipinski definition) is 2. The van der Waals surface area contributed by atoms with E-state index in [-0.39, 0.29) is 6.03 Å². The van der Waals surface area contributed by atoms with E-state index in [9.17, 15) is 4.79 Å². The smallest absolute Gasteiger partial charge is 0.319 e. The van der Waals surface area contributed by atoms with Crippen LogP contribution in [0.3, 0.4) is 0 Å². The Kier molecular flexibility index (Phi) is 7.00. The third-order valence-corrected chi connectivity index (χ3v) is 5.04. The van der Waals surface area contributed by atoms with Gasteiger partial charge in [-0.1, -0.05) is 78.3 Å². The summed E-state index contributed by atoms with van der Waals surface area (Å²) in [6.07, 6.45) is 1.63. The molecular formula is C26H22ClN3O2. The van der Waals surface area contributed by atoms with Gasteiger partial charge in [-0.05, 0) is 41.0 Å². The summed E-state index contributed by atoms with van der Waals surface area (Å²) >= 11 is 5.77. The zero-order chi connectivity index (χ0) is 22.2. The SMILES string of the molecule is O=C(NCc1ccc(Cl)nc1)Nc1ccc(COc2ccccc2-c2ccccc2)cc1. The molecule has 1 aromatic heterocycles. The van der Waals surface area contributed by atoms with E-state index in [0.29, 0.717) is 24.0 Å². The van der Waals surface area contributed by atoms with E-state index in [2.05, 4.69) is 33.8 Å². The Hall–Kier alpha value is -3.83. The van der Waals surface area contributed by atoms with Crippen LogP contribution in [0, 0.1) is 0 Å². The molecule has 0 radical (unpaired) electrons. The molecule has 0 aliphatic heterocycles. The van der Waals surface area contributed by atoms with Crippen LogP contribution in [0.15, 0.2) is 97.2 Å². The van der Waals surface area contributed by atoms with Gasteiger partial charge in [0.2, 0.25) is 0 Å². The van der Waals surface area contributed by atoms with E-state index in [1.807, 2.05) is 66.7 Å². The number of urea groups is 1. The van der Waals surface area contributed by atoms with Crippen molar-refractivity contribution in [1.29, 1.82) is 0 Å². The number of para-hydroxylation sites is 1. The highest BCUT2D eigenvalue weighted by atomic mass is 35.5. The van der Waals surface area contributed by atoms with Crippen LogP contribution >= 0.6 is 11.6 Å². The molecule has 160 valence electrons. The maximum atomic E-state index is 12.1. The fourth-order valence-corrected chi connectivity index (χ4v) is 3.27. The van der Waals surface area contributed by atoms with Gasteiger partial charge in [0.1, 0.15) is 17.5 Å². The predicted molar refractivity (Wildman–Crippen MR) is 128 cm³/mol. The van der Waals surface area contributed by atoms with Crippen molar-refractivity contribution >= 4 is 23.3 Å². The number of halogens is 1. The minimum Gasteiger partial charge on any atom is -0.488 e. The lowest BCUT2D eigenvalue weighted by molar-refractivity contribution is 0.251. The van der Waals surface area contributed by atoms with E-state index in [1.54, 1.807) is 12.3 Å². The Morgan fingerprint density at radius 2 is 1.56 bits per heavy atom. The van der Waals surface area contributed by atoms with Crippen molar-refractivity contribution in [1.82, 2.24) is 10.3 Å². The van der Waals surface area contributed by atoms with E-state index in [1.165, 1.54) is 0 Å². The summed E-state index contributed by atoms with van der Waals surface area (Å²) in [5.74, 6) is 0.831. The second-order valence-electron chi connectivity index (χ2n) is 7.14. The molecule has 0 atom stereocenters. The molecule has 4 rings (SSSR count). The van der Waals surface area contributed by atoms with Crippen LogP contribution in [0.4, 0.5) is 10.5 Å². The van der Waals surface area contributed by atoms with Crippen molar-refractivity contribution in [2.24, 2.45) is 0 Å². The third-order valence-electron chi connectivity index (χ3n) is 4.82. The number of pyridine rings is 1. The van der Waals surface area contributed by atoms with Gasteiger partial charge in [0.15, 0.2) is 0 Å². The lowest BCUT2D eigenvalue weighted by atomic mass is 10.0. The van der Waals surface area contributed by atoms with Gasteiger partial charge >= 0.3 is 6.03 Å². The average Bonchev–Trinajstić information content (AvgIpc) is 2.84. The number of ether oxygens (including phenoxy) is 1. The lowest BCUT2D eigenvalue weighted by Crippen LogP contribution is -2.28. The molecule has 0 saturated heterocycles. The quantitative estimate of drug-likeness (QED) is 0.329. The summed E-state index contributed by atoms with van der Waals surface area (Å²) in [5, 5.41) is 6.03. The topological polar surface area (TPSA) is 63.2 Å². The predicted octanol–water partition coefficient (Wildman–Crippen LogP) is 6.30. The first kappa shape index (κ1) is 21.4. The second-order valence-corrected chi connectivity index (χ2v) is 7.53. The summed E-state index contributed by atoms with van der Waals surface area (Å²) in [6.45, 7) is 0.794. The molecule has 0 saturated carbocycles. The van der Waals surface area contributed by atoms with E-state index >= 15 is 0 Å². The van der Waals surface area contributed by atoms with Gasteiger partial charge in [0, 0.05) is 24.0 Å². The highest BCUT2D eigenvalue weighted by Gasteiger charge is 2.06.